The second-order valence-electron chi connectivity index (χ2n) is 7.54. The smallest absolute Gasteiger partial charge is 0.249 e. The lowest BCUT2D eigenvalue weighted by molar-refractivity contribution is -0.126. The Morgan fingerprint density at radius 1 is 1.03 bits per heavy atom. The summed E-state index contributed by atoms with van der Waals surface area (Å²) in [5.41, 5.74) is 5.10. The second-order valence-corrected chi connectivity index (χ2v) is 9.65. The number of aryl methyl sites for hydroxylation is 1. The summed E-state index contributed by atoms with van der Waals surface area (Å²) in [6.07, 6.45) is 1.01. The van der Waals surface area contributed by atoms with Crippen LogP contribution in [0.1, 0.15) is 23.1 Å². The molecule has 0 spiro atoms. The number of methoxy groups -OCH3 is 1. The van der Waals surface area contributed by atoms with Crippen LogP contribution in [0.4, 0.5) is 5.69 Å². The average molecular weight is 614 g/mol. The van der Waals surface area contributed by atoms with Crippen molar-refractivity contribution in [3.63, 3.8) is 0 Å². The molecule has 0 saturated heterocycles. The monoisotopic (exact) mass is 611 g/mol. The van der Waals surface area contributed by atoms with Gasteiger partial charge in [0.05, 0.1) is 17.8 Å². The molecular weight excluding hydrogens is 593 g/mol. The second kappa shape index (κ2) is 13.0. The molecule has 3 aromatic carbocycles. The molecule has 0 aliphatic rings. The number of ether oxygens (including phenoxy) is 2. The first-order valence-electron chi connectivity index (χ1n) is 10.5. The van der Waals surface area contributed by atoms with Gasteiger partial charge in [-0.15, -0.1) is 0 Å². The van der Waals surface area contributed by atoms with Gasteiger partial charge in [0.15, 0.2) is 11.5 Å². The first-order chi connectivity index (χ1) is 17.2. The highest BCUT2D eigenvalue weighted by atomic mass is 79.9. The number of anilines is 1. The van der Waals surface area contributed by atoms with E-state index in [2.05, 4.69) is 31.8 Å². The highest BCUT2D eigenvalue weighted by Gasteiger charge is 2.13. The molecule has 0 radical (unpaired) electrons. The molecule has 2 N–H and O–H groups in total. The van der Waals surface area contributed by atoms with Gasteiger partial charge in [0, 0.05) is 26.3 Å². The van der Waals surface area contributed by atoms with E-state index in [1.54, 1.807) is 48.5 Å². The summed E-state index contributed by atoms with van der Waals surface area (Å²) < 4.78 is 11.9. The number of hydrazone groups is 1. The van der Waals surface area contributed by atoms with Crippen LogP contribution in [-0.4, -0.2) is 25.1 Å². The fraction of sp³-hybridized carbons (Fsp3) is 0.160. The fourth-order valence-corrected chi connectivity index (χ4v) is 4.20. The summed E-state index contributed by atoms with van der Waals surface area (Å²) in [5.74, 6) is -0.155. The number of benzene rings is 3. The Balaban J connectivity index is 1.58. The Morgan fingerprint density at radius 3 is 2.50 bits per heavy atom. The fourth-order valence-electron chi connectivity index (χ4n) is 2.98. The van der Waals surface area contributed by atoms with Crippen LogP contribution in [0, 0.1) is 6.92 Å². The summed E-state index contributed by atoms with van der Waals surface area (Å²) in [7, 11) is 1.51. The molecule has 0 atom stereocenters. The number of halogens is 4. The van der Waals surface area contributed by atoms with Gasteiger partial charge in [0.1, 0.15) is 13.0 Å². The molecule has 188 valence electrons. The highest BCUT2D eigenvalue weighted by molar-refractivity contribution is 9.10. The maximum Gasteiger partial charge on any atom is 0.249 e. The minimum absolute atomic E-state index is 0.200. The van der Waals surface area contributed by atoms with Crippen LogP contribution < -0.4 is 20.2 Å². The minimum Gasteiger partial charge on any atom is -0.493 e. The van der Waals surface area contributed by atoms with Gasteiger partial charge >= 0.3 is 0 Å². The van der Waals surface area contributed by atoms with Gasteiger partial charge in [0.25, 0.3) is 0 Å². The number of hydrogen-bond donors (Lipinski definition) is 2. The number of nitrogens with one attached hydrogen (secondary N) is 2. The molecule has 0 aliphatic heterocycles. The molecule has 0 aliphatic carbocycles. The largest absolute Gasteiger partial charge is 0.493 e. The third kappa shape index (κ3) is 7.86. The van der Waals surface area contributed by atoms with Gasteiger partial charge in [-0.1, -0.05) is 46.9 Å². The van der Waals surface area contributed by atoms with Crippen LogP contribution in [-0.2, 0) is 16.2 Å². The summed E-state index contributed by atoms with van der Waals surface area (Å²) in [6, 6.07) is 13.7. The number of hydrogen-bond acceptors (Lipinski definition) is 5. The van der Waals surface area contributed by atoms with E-state index in [1.807, 2.05) is 6.92 Å². The molecule has 0 saturated carbocycles. The average Bonchev–Trinajstić information content (AvgIpc) is 2.81. The van der Waals surface area contributed by atoms with E-state index in [-0.39, 0.29) is 6.61 Å². The van der Waals surface area contributed by atoms with Crippen LogP contribution >= 0.6 is 50.7 Å². The SMILES string of the molecule is COc1cc(C=NNC(=O)CC(=O)Nc2ccc(C)c(Cl)c2)cc(Br)c1OCc1ccc(Cl)cc1Cl. The van der Waals surface area contributed by atoms with E-state index >= 15 is 0 Å². The Labute approximate surface area is 231 Å². The molecule has 3 rings (SSSR count). The zero-order valence-electron chi connectivity index (χ0n) is 19.2. The van der Waals surface area contributed by atoms with Crippen molar-refractivity contribution in [1.29, 1.82) is 0 Å². The van der Waals surface area contributed by atoms with Crippen molar-refractivity contribution < 1.29 is 19.1 Å². The zero-order chi connectivity index (χ0) is 26.2. The summed E-state index contributed by atoms with van der Waals surface area (Å²) >= 11 is 21.7. The number of carbonyl (C=O) groups excluding carboxylic acids is 2. The van der Waals surface area contributed by atoms with E-state index in [4.69, 9.17) is 44.3 Å². The Kier molecular flexibility index (Phi) is 10.0. The maximum absolute atomic E-state index is 12.1. The number of amides is 2. The van der Waals surface area contributed by atoms with E-state index in [1.165, 1.54) is 13.3 Å². The lowest BCUT2D eigenvalue weighted by atomic mass is 10.2. The van der Waals surface area contributed by atoms with Crippen LogP contribution in [0.5, 0.6) is 11.5 Å². The van der Waals surface area contributed by atoms with E-state index in [0.29, 0.717) is 42.3 Å². The van der Waals surface area contributed by atoms with Crippen LogP contribution in [0.3, 0.4) is 0 Å². The zero-order valence-corrected chi connectivity index (χ0v) is 23.1. The topological polar surface area (TPSA) is 89.0 Å². The maximum atomic E-state index is 12.1. The molecule has 2 amide bonds. The number of rotatable bonds is 9. The van der Waals surface area contributed by atoms with Crippen molar-refractivity contribution in [3.8, 4) is 11.5 Å². The molecule has 0 unspecified atom stereocenters. The van der Waals surface area contributed by atoms with Crippen molar-refractivity contribution >= 4 is 74.4 Å². The first-order valence-corrected chi connectivity index (χ1v) is 12.4. The summed E-state index contributed by atoms with van der Waals surface area (Å²) in [6.45, 7) is 2.05. The molecule has 3 aromatic rings. The van der Waals surface area contributed by atoms with Gasteiger partial charge in [-0.2, -0.15) is 5.10 Å². The third-order valence-corrected chi connectivity index (χ3v) is 6.40. The lowest BCUT2D eigenvalue weighted by Crippen LogP contribution is -2.24. The van der Waals surface area contributed by atoms with Gasteiger partial charge in [-0.25, -0.2) is 5.43 Å². The van der Waals surface area contributed by atoms with Gasteiger partial charge < -0.3 is 14.8 Å². The van der Waals surface area contributed by atoms with Crippen molar-refractivity contribution in [1.82, 2.24) is 5.43 Å². The molecule has 0 fully saturated rings. The Morgan fingerprint density at radius 2 is 1.81 bits per heavy atom. The minimum atomic E-state index is -0.576. The number of carbonyl (C=O) groups is 2. The summed E-state index contributed by atoms with van der Waals surface area (Å²) in [4.78, 5) is 24.2. The van der Waals surface area contributed by atoms with E-state index in [0.717, 1.165) is 11.1 Å². The Hall–Kier alpha value is -2.78. The highest BCUT2D eigenvalue weighted by Crippen LogP contribution is 2.37. The van der Waals surface area contributed by atoms with E-state index in [9.17, 15) is 9.59 Å². The van der Waals surface area contributed by atoms with Crippen LogP contribution in [0.25, 0.3) is 0 Å². The normalized spacial score (nSPS) is 10.8. The van der Waals surface area contributed by atoms with Gasteiger partial charge in [-0.05, 0) is 70.4 Å². The van der Waals surface area contributed by atoms with Crippen LogP contribution in [0.15, 0.2) is 58.1 Å². The van der Waals surface area contributed by atoms with Crippen molar-refractivity contribution in [2.24, 2.45) is 5.10 Å². The molecule has 0 heterocycles. The standard InChI is InChI=1S/C25H21BrCl3N3O4/c1-14-3-6-18(10-20(14)28)31-23(33)11-24(34)32-30-12-15-7-19(26)25(22(8-15)35-2)36-13-16-4-5-17(27)9-21(16)29/h3-10,12H,11,13H2,1-2H3,(H,31,33)(H,32,34). The molecule has 36 heavy (non-hydrogen) atoms. The molecule has 0 bridgehead atoms. The third-order valence-electron chi connectivity index (χ3n) is 4.82. The van der Waals surface area contributed by atoms with Crippen LogP contribution in [0.2, 0.25) is 15.1 Å². The van der Waals surface area contributed by atoms with Crippen molar-refractivity contribution in [3.05, 3.63) is 84.8 Å². The predicted molar refractivity (Wildman–Crippen MR) is 147 cm³/mol. The van der Waals surface area contributed by atoms with Crippen molar-refractivity contribution in [2.75, 3.05) is 12.4 Å². The van der Waals surface area contributed by atoms with Crippen molar-refractivity contribution in [2.45, 2.75) is 20.0 Å². The molecule has 11 heteroatoms. The summed E-state index contributed by atoms with van der Waals surface area (Å²) in [5, 5.41) is 8.09. The number of nitrogens with zero attached hydrogens (tertiary/aromatic N) is 1. The molecular formula is C25H21BrCl3N3O4. The lowest BCUT2D eigenvalue weighted by Gasteiger charge is -2.14. The predicted octanol–water partition coefficient (Wildman–Crippen LogP) is 6.78. The quantitative estimate of drug-likeness (QED) is 0.158. The Bertz CT molecular complexity index is 1320. The first kappa shape index (κ1) is 27.8. The van der Waals surface area contributed by atoms with E-state index < -0.39 is 18.2 Å². The molecule has 7 nitrogen and oxygen atoms in total. The van der Waals surface area contributed by atoms with Gasteiger partial charge in [-0.3, -0.25) is 9.59 Å². The van der Waals surface area contributed by atoms with Gasteiger partial charge in [0.2, 0.25) is 11.8 Å². The molecule has 0 aromatic heterocycles.